The van der Waals surface area contributed by atoms with Crippen LogP contribution in [0, 0.1) is 13.8 Å². The second kappa shape index (κ2) is 5.75. The minimum atomic E-state index is -3.79. The third-order valence-electron chi connectivity index (χ3n) is 3.18. The molecule has 2 rings (SSSR count). The summed E-state index contributed by atoms with van der Waals surface area (Å²) in [6.07, 6.45) is 0. The van der Waals surface area contributed by atoms with E-state index in [1.54, 1.807) is 32.0 Å². The average molecular weight is 345 g/mol. The van der Waals surface area contributed by atoms with Crippen molar-refractivity contribution in [2.75, 3.05) is 10.5 Å². The van der Waals surface area contributed by atoms with Gasteiger partial charge in [0, 0.05) is 15.7 Å². The van der Waals surface area contributed by atoms with Gasteiger partial charge in [0.15, 0.2) is 0 Å². The van der Waals surface area contributed by atoms with Gasteiger partial charge in [-0.2, -0.15) is 0 Å². The molecule has 0 heterocycles. The largest absolute Gasteiger partial charge is 0.398 e. The molecule has 112 valence electrons. The molecule has 0 aromatic heterocycles. The number of benzene rings is 2. The molecule has 3 N–H and O–H groups in total. The van der Waals surface area contributed by atoms with Gasteiger partial charge in [0.25, 0.3) is 10.0 Å². The third kappa shape index (κ3) is 3.26. The van der Waals surface area contributed by atoms with Crippen molar-refractivity contribution < 1.29 is 8.42 Å². The topological polar surface area (TPSA) is 72.2 Å². The summed E-state index contributed by atoms with van der Waals surface area (Å²) in [5, 5.41) is 0.787. The lowest BCUT2D eigenvalue weighted by atomic mass is 10.2. The van der Waals surface area contributed by atoms with Gasteiger partial charge in [-0.05, 0) is 49.2 Å². The van der Waals surface area contributed by atoms with Gasteiger partial charge >= 0.3 is 0 Å². The Balaban J connectivity index is 2.46. The summed E-state index contributed by atoms with van der Waals surface area (Å²) in [4.78, 5) is 0.00924. The van der Waals surface area contributed by atoms with Crippen molar-refractivity contribution >= 4 is 44.6 Å². The van der Waals surface area contributed by atoms with Crippen molar-refractivity contribution in [3.05, 3.63) is 51.5 Å². The van der Waals surface area contributed by atoms with Crippen LogP contribution >= 0.6 is 23.2 Å². The smallest absolute Gasteiger partial charge is 0.262 e. The van der Waals surface area contributed by atoms with E-state index in [-0.39, 0.29) is 4.90 Å². The third-order valence-corrected chi connectivity index (χ3v) is 5.33. The molecule has 0 saturated heterocycles. The predicted molar refractivity (Wildman–Crippen MR) is 87.6 cm³/mol. The second-order valence-electron chi connectivity index (χ2n) is 4.64. The molecule has 2 aromatic carbocycles. The summed E-state index contributed by atoms with van der Waals surface area (Å²) in [5.74, 6) is 0. The van der Waals surface area contributed by atoms with E-state index >= 15 is 0 Å². The van der Waals surface area contributed by atoms with Crippen LogP contribution in [0.1, 0.15) is 11.1 Å². The van der Waals surface area contributed by atoms with E-state index in [1.165, 1.54) is 12.1 Å². The van der Waals surface area contributed by atoms with E-state index < -0.39 is 10.0 Å². The molecular formula is C14H14Cl2N2O2S. The van der Waals surface area contributed by atoms with Crippen LogP contribution in [0.3, 0.4) is 0 Å². The SMILES string of the molecule is Cc1c(N)cc(S(=O)(=O)Nc2cccc(Cl)c2C)cc1Cl. The maximum atomic E-state index is 12.4. The van der Waals surface area contributed by atoms with Crippen LogP contribution in [0.5, 0.6) is 0 Å². The highest BCUT2D eigenvalue weighted by molar-refractivity contribution is 7.92. The van der Waals surface area contributed by atoms with Crippen LogP contribution in [0.15, 0.2) is 35.2 Å². The molecule has 0 aliphatic heterocycles. The average Bonchev–Trinajstić information content (AvgIpc) is 2.40. The fourth-order valence-electron chi connectivity index (χ4n) is 1.75. The summed E-state index contributed by atoms with van der Waals surface area (Å²) in [7, 11) is -3.79. The molecule has 0 saturated carbocycles. The summed E-state index contributed by atoms with van der Waals surface area (Å²) in [6.45, 7) is 3.46. The lowest BCUT2D eigenvalue weighted by Gasteiger charge is -2.13. The lowest BCUT2D eigenvalue weighted by Crippen LogP contribution is -2.14. The minimum absolute atomic E-state index is 0.00924. The Morgan fingerprint density at radius 2 is 1.71 bits per heavy atom. The molecule has 4 nitrogen and oxygen atoms in total. The van der Waals surface area contributed by atoms with Crippen molar-refractivity contribution in [3.8, 4) is 0 Å². The minimum Gasteiger partial charge on any atom is -0.398 e. The summed E-state index contributed by atoms with van der Waals surface area (Å²) >= 11 is 12.0. The Kier molecular flexibility index (Phi) is 4.37. The molecule has 21 heavy (non-hydrogen) atoms. The van der Waals surface area contributed by atoms with Gasteiger partial charge in [0.1, 0.15) is 0 Å². The van der Waals surface area contributed by atoms with Gasteiger partial charge in [-0.25, -0.2) is 8.42 Å². The second-order valence-corrected chi connectivity index (χ2v) is 7.13. The Morgan fingerprint density at radius 3 is 2.33 bits per heavy atom. The number of rotatable bonds is 3. The standard InChI is InChI=1S/C14H14Cl2N2O2S/c1-8-12(16)6-10(7-13(8)17)21(19,20)18-14-5-3-4-11(15)9(14)2/h3-7,18H,17H2,1-2H3. The zero-order valence-corrected chi connectivity index (χ0v) is 13.8. The van der Waals surface area contributed by atoms with E-state index in [9.17, 15) is 8.42 Å². The number of hydrogen-bond donors (Lipinski definition) is 2. The number of nitrogens with one attached hydrogen (secondary N) is 1. The number of sulfonamides is 1. The van der Waals surface area contributed by atoms with Crippen LogP contribution in [-0.4, -0.2) is 8.42 Å². The number of halogens is 2. The lowest BCUT2D eigenvalue weighted by molar-refractivity contribution is 0.601. The van der Waals surface area contributed by atoms with E-state index in [0.29, 0.717) is 32.5 Å². The van der Waals surface area contributed by atoms with Gasteiger partial charge in [-0.3, -0.25) is 4.72 Å². The molecule has 0 bridgehead atoms. The van der Waals surface area contributed by atoms with Crippen LogP contribution in [0.4, 0.5) is 11.4 Å². The number of hydrogen-bond acceptors (Lipinski definition) is 3. The maximum Gasteiger partial charge on any atom is 0.262 e. The van der Waals surface area contributed by atoms with Crippen molar-refractivity contribution in [1.29, 1.82) is 0 Å². The van der Waals surface area contributed by atoms with Gasteiger partial charge in [0.05, 0.1) is 10.6 Å². The fourth-order valence-corrected chi connectivity index (χ4v) is 3.40. The molecule has 0 aliphatic rings. The predicted octanol–water partition coefficient (Wildman–Crippen LogP) is 3.99. The Hall–Kier alpha value is -1.43. The summed E-state index contributed by atoms with van der Waals surface area (Å²) in [6, 6.07) is 7.75. The van der Waals surface area contributed by atoms with Crippen LogP contribution in [0.2, 0.25) is 10.0 Å². The Bertz CT molecular complexity index is 782. The first kappa shape index (κ1) is 15.9. The van der Waals surface area contributed by atoms with Crippen molar-refractivity contribution in [1.82, 2.24) is 0 Å². The zero-order valence-electron chi connectivity index (χ0n) is 11.4. The molecule has 7 heteroatoms. The first-order chi connectivity index (χ1) is 9.72. The number of nitrogens with two attached hydrogens (primary N) is 1. The van der Waals surface area contributed by atoms with Crippen molar-refractivity contribution in [3.63, 3.8) is 0 Å². The molecule has 0 aliphatic carbocycles. The molecule has 0 atom stereocenters. The van der Waals surface area contributed by atoms with Gasteiger partial charge in [-0.1, -0.05) is 29.3 Å². The van der Waals surface area contributed by atoms with Gasteiger partial charge < -0.3 is 5.73 Å². The monoisotopic (exact) mass is 344 g/mol. The molecule has 2 aromatic rings. The molecule has 0 amide bonds. The summed E-state index contributed by atoms with van der Waals surface area (Å²) in [5.41, 5.74) is 7.80. The van der Waals surface area contributed by atoms with Gasteiger partial charge in [0.2, 0.25) is 0 Å². The molecule has 0 fully saturated rings. The first-order valence-corrected chi connectivity index (χ1v) is 8.30. The Labute approximate surface area is 133 Å². The van der Waals surface area contributed by atoms with Crippen LogP contribution < -0.4 is 10.5 Å². The highest BCUT2D eigenvalue weighted by Crippen LogP contribution is 2.29. The van der Waals surface area contributed by atoms with Crippen molar-refractivity contribution in [2.45, 2.75) is 18.7 Å². The number of anilines is 2. The molecule has 0 radical (unpaired) electrons. The van der Waals surface area contributed by atoms with Crippen LogP contribution in [0.25, 0.3) is 0 Å². The molecule has 0 unspecified atom stereocenters. The highest BCUT2D eigenvalue weighted by Gasteiger charge is 2.18. The van der Waals surface area contributed by atoms with Crippen molar-refractivity contribution in [2.24, 2.45) is 0 Å². The van der Waals surface area contributed by atoms with E-state index in [1.807, 2.05) is 0 Å². The van der Waals surface area contributed by atoms with Crippen LogP contribution in [-0.2, 0) is 10.0 Å². The number of nitrogen functional groups attached to an aromatic ring is 1. The normalized spacial score (nSPS) is 11.4. The first-order valence-electron chi connectivity index (χ1n) is 6.06. The van der Waals surface area contributed by atoms with E-state index in [4.69, 9.17) is 28.9 Å². The highest BCUT2D eigenvalue weighted by atomic mass is 35.5. The fraction of sp³-hybridized carbons (Fsp3) is 0.143. The molecular weight excluding hydrogens is 331 g/mol. The maximum absolute atomic E-state index is 12.4. The summed E-state index contributed by atoms with van der Waals surface area (Å²) < 4.78 is 27.3. The quantitative estimate of drug-likeness (QED) is 0.826. The molecule has 0 spiro atoms. The zero-order chi connectivity index (χ0) is 15.8. The van der Waals surface area contributed by atoms with E-state index in [0.717, 1.165) is 0 Å². The Morgan fingerprint density at radius 1 is 1.05 bits per heavy atom. The van der Waals surface area contributed by atoms with E-state index in [2.05, 4.69) is 4.72 Å². The van der Waals surface area contributed by atoms with Gasteiger partial charge in [-0.15, -0.1) is 0 Å².